The van der Waals surface area contributed by atoms with Gasteiger partial charge >= 0.3 is 5.97 Å². The predicted molar refractivity (Wildman–Crippen MR) is 77.0 cm³/mol. The Morgan fingerprint density at radius 1 is 1.61 bits per heavy atom. The molecule has 2 rings (SSSR count). The smallest absolute Gasteiger partial charge is 0.340 e. The van der Waals surface area contributed by atoms with E-state index in [2.05, 4.69) is 16.6 Å². The molecular formula is C12H18N2O2S2. The topological polar surface area (TPSA) is 62.2 Å². The van der Waals surface area contributed by atoms with Gasteiger partial charge in [0, 0.05) is 11.3 Å². The molecule has 6 heteroatoms. The van der Waals surface area contributed by atoms with Crippen LogP contribution in [0.25, 0.3) is 0 Å². The molecule has 4 nitrogen and oxygen atoms in total. The van der Waals surface area contributed by atoms with E-state index in [1.807, 2.05) is 11.8 Å². The molecule has 0 bridgehead atoms. The second-order valence-electron chi connectivity index (χ2n) is 4.45. The van der Waals surface area contributed by atoms with Crippen molar-refractivity contribution in [2.24, 2.45) is 0 Å². The number of carbonyl (C=O) groups is 1. The average molecular weight is 286 g/mol. The lowest BCUT2D eigenvalue weighted by Gasteiger charge is -2.20. The normalized spacial score (nSPS) is 23.2. The zero-order chi connectivity index (χ0) is 13.1. The fourth-order valence-corrected chi connectivity index (χ4v) is 4.44. The zero-order valence-corrected chi connectivity index (χ0v) is 12.2. The van der Waals surface area contributed by atoms with Gasteiger partial charge in [-0.2, -0.15) is 16.1 Å². The fraction of sp³-hybridized carbons (Fsp3) is 0.667. The molecule has 2 atom stereocenters. The van der Waals surface area contributed by atoms with E-state index in [9.17, 15) is 9.90 Å². The summed E-state index contributed by atoms with van der Waals surface area (Å²) < 4.78 is 4.14. The van der Waals surface area contributed by atoms with E-state index in [0.29, 0.717) is 27.6 Å². The summed E-state index contributed by atoms with van der Waals surface area (Å²) in [6.07, 6.45) is 3.56. The number of carboxylic acids is 1. The van der Waals surface area contributed by atoms with Crippen LogP contribution in [-0.4, -0.2) is 32.5 Å². The lowest BCUT2D eigenvalue weighted by atomic mass is 10.2. The minimum atomic E-state index is -0.888. The van der Waals surface area contributed by atoms with E-state index in [-0.39, 0.29) is 0 Å². The Balaban J connectivity index is 2.11. The molecule has 0 aromatic carbocycles. The number of aromatic nitrogens is 1. The van der Waals surface area contributed by atoms with Gasteiger partial charge in [0.15, 0.2) is 0 Å². The van der Waals surface area contributed by atoms with E-state index in [4.69, 9.17) is 0 Å². The Kier molecular flexibility index (Phi) is 4.50. The van der Waals surface area contributed by atoms with Gasteiger partial charge < -0.3 is 10.4 Å². The number of anilines is 1. The highest BCUT2D eigenvalue weighted by Crippen LogP contribution is 2.34. The van der Waals surface area contributed by atoms with Crippen molar-refractivity contribution in [1.29, 1.82) is 0 Å². The summed E-state index contributed by atoms with van der Waals surface area (Å²) in [6, 6.07) is 0.382. The molecule has 100 valence electrons. The molecule has 0 saturated heterocycles. The van der Waals surface area contributed by atoms with Gasteiger partial charge in [0.2, 0.25) is 0 Å². The molecular weight excluding hydrogens is 268 g/mol. The molecule has 0 spiro atoms. The van der Waals surface area contributed by atoms with E-state index >= 15 is 0 Å². The van der Waals surface area contributed by atoms with Gasteiger partial charge in [-0.3, -0.25) is 0 Å². The van der Waals surface area contributed by atoms with Crippen molar-refractivity contribution >= 4 is 34.3 Å². The number of hydrogen-bond acceptors (Lipinski definition) is 5. The minimum Gasteiger partial charge on any atom is -0.478 e. The molecule has 1 heterocycles. The Morgan fingerprint density at radius 3 is 3.06 bits per heavy atom. The van der Waals surface area contributed by atoms with Crippen LogP contribution in [0.3, 0.4) is 0 Å². The average Bonchev–Trinajstić information content (AvgIpc) is 2.88. The fourth-order valence-electron chi connectivity index (χ4n) is 2.39. The third-order valence-corrected chi connectivity index (χ3v) is 5.42. The first-order valence-electron chi connectivity index (χ1n) is 6.21. The van der Waals surface area contributed by atoms with E-state index < -0.39 is 5.97 Å². The number of nitrogens with zero attached hydrogens (tertiary/aromatic N) is 1. The van der Waals surface area contributed by atoms with Gasteiger partial charge in [0.05, 0.1) is 5.69 Å². The van der Waals surface area contributed by atoms with E-state index in [1.165, 1.54) is 24.4 Å². The molecule has 1 fully saturated rings. The first-order valence-corrected chi connectivity index (χ1v) is 8.03. The van der Waals surface area contributed by atoms with Crippen molar-refractivity contribution in [3.05, 3.63) is 11.3 Å². The largest absolute Gasteiger partial charge is 0.478 e. The summed E-state index contributed by atoms with van der Waals surface area (Å²) in [5.74, 6) is 0.220. The van der Waals surface area contributed by atoms with Gasteiger partial charge in [-0.05, 0) is 37.1 Å². The standard InChI is InChI=1S/C12H18N2O2S2/c1-3-17-9-6-4-5-8(9)13-11-10(12(15)16)7(2)14-18-11/h8-9,13H,3-6H2,1-2H3,(H,15,16). The lowest BCUT2D eigenvalue weighted by Crippen LogP contribution is -2.26. The SMILES string of the molecule is CCSC1CCCC1Nc1snc(C)c1C(=O)O. The lowest BCUT2D eigenvalue weighted by molar-refractivity contribution is 0.0697. The maximum atomic E-state index is 11.2. The molecule has 1 aliphatic carbocycles. The van der Waals surface area contributed by atoms with Crippen molar-refractivity contribution < 1.29 is 9.90 Å². The first-order chi connectivity index (χ1) is 8.63. The molecule has 1 aliphatic rings. The highest BCUT2D eigenvalue weighted by Gasteiger charge is 2.29. The maximum absolute atomic E-state index is 11.2. The maximum Gasteiger partial charge on any atom is 0.340 e. The van der Waals surface area contributed by atoms with Gasteiger partial charge in [0.25, 0.3) is 0 Å². The number of nitrogens with one attached hydrogen (secondary N) is 1. The number of aromatic carboxylic acids is 1. The van der Waals surface area contributed by atoms with Crippen molar-refractivity contribution in [2.45, 2.75) is 44.4 Å². The van der Waals surface area contributed by atoms with Gasteiger partial charge in [0.1, 0.15) is 10.6 Å². The first kappa shape index (κ1) is 13.7. The Morgan fingerprint density at radius 2 is 2.39 bits per heavy atom. The molecule has 2 unspecified atom stereocenters. The molecule has 1 aromatic rings. The molecule has 1 saturated carbocycles. The summed E-state index contributed by atoms with van der Waals surface area (Å²) in [5.41, 5.74) is 0.944. The molecule has 0 amide bonds. The van der Waals surface area contributed by atoms with Crippen LogP contribution in [-0.2, 0) is 0 Å². The summed E-state index contributed by atoms with van der Waals surface area (Å²) >= 11 is 3.22. The number of aryl methyl sites for hydroxylation is 1. The van der Waals surface area contributed by atoms with Crippen molar-refractivity contribution in [2.75, 3.05) is 11.1 Å². The van der Waals surface area contributed by atoms with Gasteiger partial charge in [-0.25, -0.2) is 4.79 Å². The van der Waals surface area contributed by atoms with Crippen LogP contribution in [0.2, 0.25) is 0 Å². The molecule has 0 aliphatic heterocycles. The minimum absolute atomic E-state index is 0.340. The second-order valence-corrected chi connectivity index (χ2v) is 6.74. The predicted octanol–water partition coefficient (Wildman–Crippen LogP) is 3.24. The number of hydrogen-bond donors (Lipinski definition) is 2. The van der Waals surface area contributed by atoms with Crippen LogP contribution in [0.4, 0.5) is 5.00 Å². The third-order valence-electron chi connectivity index (χ3n) is 3.23. The second kappa shape index (κ2) is 5.93. The highest BCUT2D eigenvalue weighted by molar-refractivity contribution is 7.99. The Hall–Kier alpha value is -0.750. The number of rotatable bonds is 5. The number of thioether (sulfide) groups is 1. The molecule has 1 aromatic heterocycles. The van der Waals surface area contributed by atoms with Crippen LogP contribution in [0.15, 0.2) is 0 Å². The van der Waals surface area contributed by atoms with Crippen molar-refractivity contribution in [3.8, 4) is 0 Å². The summed E-state index contributed by atoms with van der Waals surface area (Å²) in [6.45, 7) is 3.91. The summed E-state index contributed by atoms with van der Waals surface area (Å²) in [5, 5.41) is 13.9. The Labute approximate surface area is 115 Å². The Bertz CT molecular complexity index is 434. The van der Waals surface area contributed by atoms with Crippen molar-refractivity contribution in [3.63, 3.8) is 0 Å². The van der Waals surface area contributed by atoms with Gasteiger partial charge in [-0.15, -0.1) is 0 Å². The summed E-state index contributed by atoms with van der Waals surface area (Å²) in [4.78, 5) is 11.2. The quantitative estimate of drug-likeness (QED) is 0.870. The van der Waals surface area contributed by atoms with E-state index in [1.54, 1.807) is 6.92 Å². The zero-order valence-electron chi connectivity index (χ0n) is 10.6. The highest BCUT2D eigenvalue weighted by atomic mass is 32.2. The number of carboxylic acid groups (broad SMARTS) is 1. The van der Waals surface area contributed by atoms with Crippen molar-refractivity contribution in [1.82, 2.24) is 4.37 Å². The summed E-state index contributed by atoms with van der Waals surface area (Å²) in [7, 11) is 0. The monoisotopic (exact) mass is 286 g/mol. The van der Waals surface area contributed by atoms with Crippen LogP contribution in [0.5, 0.6) is 0 Å². The van der Waals surface area contributed by atoms with E-state index in [0.717, 1.165) is 12.2 Å². The molecule has 18 heavy (non-hydrogen) atoms. The van der Waals surface area contributed by atoms with Crippen LogP contribution >= 0.6 is 23.3 Å². The van der Waals surface area contributed by atoms with Crippen LogP contribution in [0, 0.1) is 6.92 Å². The van der Waals surface area contributed by atoms with Crippen LogP contribution < -0.4 is 5.32 Å². The third kappa shape index (κ3) is 2.80. The molecule has 2 N–H and O–H groups in total. The molecule has 0 radical (unpaired) electrons. The van der Waals surface area contributed by atoms with Gasteiger partial charge in [-0.1, -0.05) is 13.3 Å². The van der Waals surface area contributed by atoms with Crippen LogP contribution in [0.1, 0.15) is 42.2 Å².